The highest BCUT2D eigenvalue weighted by Gasteiger charge is 2.37. The minimum atomic E-state index is -2.03. The summed E-state index contributed by atoms with van der Waals surface area (Å²) in [5, 5.41) is 83.4. The zero-order chi connectivity index (χ0) is 66.5. The van der Waals surface area contributed by atoms with Gasteiger partial charge in [0.05, 0.1) is 44.5 Å². The number of imidazole rings is 1. The number of carboxylic acids is 2. The second kappa shape index (κ2) is 37.6. The van der Waals surface area contributed by atoms with E-state index in [1.165, 1.54) is 43.7 Å². The number of benzene rings is 1. The first-order valence-electron chi connectivity index (χ1n) is 28.2. The Balaban J connectivity index is 2.34. The third kappa shape index (κ3) is 26.8. The molecule has 2 rings (SSSR count). The van der Waals surface area contributed by atoms with E-state index in [0.717, 1.165) is 6.92 Å². The van der Waals surface area contributed by atoms with Crippen LogP contribution in [0.15, 0.2) is 36.8 Å². The molecule has 0 radical (unpaired) electrons. The molecule has 12 atom stereocenters. The topological polar surface area (TPSA) is 570 Å². The van der Waals surface area contributed by atoms with E-state index in [9.17, 15) is 93.0 Å². The van der Waals surface area contributed by atoms with E-state index in [-0.39, 0.29) is 61.8 Å². The van der Waals surface area contributed by atoms with Gasteiger partial charge in [-0.05, 0) is 82.0 Å². The summed E-state index contributed by atoms with van der Waals surface area (Å²) in [7, 11) is 0. The Bertz CT molecular complexity index is 2700. The van der Waals surface area contributed by atoms with E-state index in [1.807, 2.05) is 0 Å². The smallest absolute Gasteiger partial charge is 0.326 e. The number of aromatic nitrogens is 2. The van der Waals surface area contributed by atoms with Gasteiger partial charge in [0.25, 0.3) is 0 Å². The fourth-order valence-electron chi connectivity index (χ4n) is 8.39. The van der Waals surface area contributed by atoms with E-state index >= 15 is 0 Å². The Morgan fingerprint density at radius 1 is 0.534 bits per heavy atom. The third-order valence-electron chi connectivity index (χ3n) is 13.1. The number of aliphatic hydroxyl groups is 3. The predicted octanol–water partition coefficient (Wildman–Crippen LogP) is -6.88. The molecular weight excluding hydrogens is 1160 g/mol. The fraction of sp³-hybridized carbons (Fsp3) is 0.593. The molecule has 0 bridgehead atoms. The molecular formula is C54H85N15O19. The van der Waals surface area contributed by atoms with E-state index < -0.39 is 182 Å². The first-order valence-corrected chi connectivity index (χ1v) is 28.2. The number of nitrogens with zero attached hydrogens (tertiary/aromatic N) is 1. The number of aliphatic carboxylic acids is 2. The van der Waals surface area contributed by atoms with Crippen LogP contribution in [0, 0.1) is 11.8 Å². The maximum absolute atomic E-state index is 14.1. The number of primary amides is 1. The van der Waals surface area contributed by atoms with Crippen molar-refractivity contribution >= 4 is 76.9 Å². The highest BCUT2D eigenvalue weighted by molar-refractivity contribution is 6.00. The Labute approximate surface area is 506 Å². The van der Waals surface area contributed by atoms with Gasteiger partial charge in [-0.3, -0.25) is 57.5 Å². The standard InChI is InChI=1S/C54H85N15O19/c1-25(2)15-32(56)45(78)62-37(20-42(75)76)50(83)61-33(9-7-8-14-55)46(79)60-27(5)44(77)67-39(22-70)51(84)63-34(17-29-10-12-31(73)13-11-29)47(80)68-40(23-71)52(85)69-43(28(6)72)53(86)65-36(19-41(57)74)49(82)64-35(18-30-21-58-24-59-30)48(81)66-38(54(87)88)16-26(3)4/h10-13,21,24-28,32-40,43,70-73H,7-9,14-20,22-23,55-56H2,1-6H3,(H2,57,74)(H,58,59)(H,60,79)(H,61,83)(H,62,78)(H,63,84)(H,64,82)(H,65,86)(H,66,81)(H,67,77)(H,68,80)(H,69,85)(H,75,76)(H,87,88). The van der Waals surface area contributed by atoms with Gasteiger partial charge < -0.3 is 106 Å². The summed E-state index contributed by atoms with van der Waals surface area (Å²) >= 11 is 0. The first-order chi connectivity index (χ1) is 41.3. The van der Waals surface area contributed by atoms with Crippen LogP contribution in [-0.4, -0.2) is 210 Å². The molecule has 1 heterocycles. The number of aromatic hydroxyl groups is 1. The number of hydrogen-bond acceptors (Lipinski definition) is 20. The minimum Gasteiger partial charge on any atom is -0.508 e. The Kier molecular flexibility index (Phi) is 32.2. The molecule has 11 amide bonds. The van der Waals surface area contributed by atoms with Gasteiger partial charge >= 0.3 is 11.9 Å². The van der Waals surface area contributed by atoms with Crippen molar-refractivity contribution in [2.45, 2.75) is 172 Å². The molecule has 2 aromatic rings. The number of rotatable bonds is 40. The SMILES string of the molecule is CC(C)CC(N)C(=O)NC(CC(=O)O)C(=O)NC(CCCCN)C(=O)NC(C)C(=O)NC(CO)C(=O)NC(Cc1ccc(O)cc1)C(=O)NC(CO)C(=O)NC(C(=O)NC(CC(N)=O)C(=O)NC(Cc1cnc[nH]1)C(=O)NC(CC(C)C)C(=O)O)C(C)O. The van der Waals surface area contributed by atoms with Crippen LogP contribution in [0.1, 0.15) is 97.7 Å². The number of unbranched alkanes of at least 4 members (excludes halogenated alkanes) is 1. The van der Waals surface area contributed by atoms with Crippen molar-refractivity contribution in [3.05, 3.63) is 48.0 Å². The lowest BCUT2D eigenvalue weighted by atomic mass is 10.0. The number of nitrogens with one attached hydrogen (secondary N) is 11. The van der Waals surface area contributed by atoms with Crippen LogP contribution in [0.2, 0.25) is 0 Å². The average molecular weight is 1250 g/mol. The first kappa shape index (κ1) is 75.2. The third-order valence-corrected chi connectivity index (χ3v) is 13.1. The molecule has 0 aliphatic carbocycles. The lowest BCUT2D eigenvalue weighted by molar-refractivity contribution is -0.143. The van der Waals surface area contributed by atoms with Crippen molar-refractivity contribution in [3.63, 3.8) is 0 Å². The van der Waals surface area contributed by atoms with E-state index in [1.54, 1.807) is 27.7 Å². The van der Waals surface area contributed by atoms with Crippen molar-refractivity contribution in [2.24, 2.45) is 29.0 Å². The van der Waals surface area contributed by atoms with Gasteiger partial charge in [0.2, 0.25) is 65.0 Å². The van der Waals surface area contributed by atoms with Crippen molar-refractivity contribution in [1.29, 1.82) is 0 Å². The zero-order valence-corrected chi connectivity index (χ0v) is 49.7. The summed E-state index contributed by atoms with van der Waals surface area (Å²) in [6, 6.07) is -13.0. The Morgan fingerprint density at radius 3 is 1.48 bits per heavy atom. The number of amides is 11. The molecule has 12 unspecified atom stereocenters. The Hall–Kier alpha value is -8.86. The van der Waals surface area contributed by atoms with Gasteiger partial charge in [0.15, 0.2) is 0 Å². The molecule has 34 nitrogen and oxygen atoms in total. The van der Waals surface area contributed by atoms with Crippen LogP contribution in [-0.2, 0) is 75.2 Å². The molecule has 1 aromatic carbocycles. The number of phenolic OH excluding ortho intramolecular Hbond substituents is 1. The number of hydrogen-bond donors (Lipinski definition) is 20. The number of aromatic amines is 1. The molecule has 0 spiro atoms. The molecule has 490 valence electrons. The number of phenols is 1. The van der Waals surface area contributed by atoms with Gasteiger partial charge in [0, 0.05) is 24.7 Å². The number of carbonyl (C=O) groups excluding carboxylic acids is 11. The highest BCUT2D eigenvalue weighted by Crippen LogP contribution is 2.14. The number of aliphatic hydroxyl groups excluding tert-OH is 3. The molecule has 88 heavy (non-hydrogen) atoms. The van der Waals surface area contributed by atoms with Crippen molar-refractivity contribution in [1.82, 2.24) is 63.1 Å². The predicted molar refractivity (Wildman–Crippen MR) is 308 cm³/mol. The second-order valence-electron chi connectivity index (χ2n) is 21.7. The van der Waals surface area contributed by atoms with Crippen LogP contribution < -0.4 is 70.4 Å². The summed E-state index contributed by atoms with van der Waals surface area (Å²) in [6.07, 6.45) is -1.03. The maximum atomic E-state index is 14.1. The molecule has 0 aliphatic rings. The molecule has 0 saturated heterocycles. The Morgan fingerprint density at radius 2 is 0.989 bits per heavy atom. The van der Waals surface area contributed by atoms with Gasteiger partial charge in [-0.2, -0.15) is 0 Å². The second-order valence-corrected chi connectivity index (χ2v) is 21.7. The molecule has 1 aromatic heterocycles. The van der Waals surface area contributed by atoms with Crippen LogP contribution in [0.4, 0.5) is 0 Å². The molecule has 34 heteroatoms. The van der Waals surface area contributed by atoms with Crippen molar-refractivity contribution in [2.75, 3.05) is 19.8 Å². The van der Waals surface area contributed by atoms with Crippen LogP contribution in [0.5, 0.6) is 5.75 Å². The summed E-state index contributed by atoms with van der Waals surface area (Å²) in [4.78, 5) is 179. The molecule has 0 saturated carbocycles. The normalized spacial score (nSPS) is 15.3. The van der Waals surface area contributed by atoms with E-state index in [0.29, 0.717) is 12.1 Å². The minimum absolute atomic E-state index is 0.00359. The van der Waals surface area contributed by atoms with Gasteiger partial charge in [-0.15, -0.1) is 0 Å². The maximum Gasteiger partial charge on any atom is 0.326 e. The molecule has 0 fully saturated rings. The number of H-pyrrole nitrogens is 1. The number of carbonyl (C=O) groups is 13. The van der Waals surface area contributed by atoms with E-state index in [4.69, 9.17) is 17.2 Å². The zero-order valence-electron chi connectivity index (χ0n) is 49.7. The van der Waals surface area contributed by atoms with Gasteiger partial charge in [-0.1, -0.05) is 39.8 Å². The molecule has 0 aliphatic heterocycles. The summed E-state index contributed by atoms with van der Waals surface area (Å²) in [5.41, 5.74) is 17.5. The van der Waals surface area contributed by atoms with Crippen LogP contribution >= 0.6 is 0 Å². The van der Waals surface area contributed by atoms with Gasteiger partial charge in [0.1, 0.15) is 66.2 Å². The lowest BCUT2D eigenvalue weighted by Gasteiger charge is -2.28. The van der Waals surface area contributed by atoms with Crippen LogP contribution in [0.25, 0.3) is 0 Å². The average Bonchev–Trinajstić information content (AvgIpc) is 2.05. The lowest BCUT2D eigenvalue weighted by Crippen LogP contribution is -2.63. The summed E-state index contributed by atoms with van der Waals surface area (Å²) in [6.45, 7) is 7.06. The number of carboxylic acid groups (broad SMARTS) is 2. The summed E-state index contributed by atoms with van der Waals surface area (Å²) < 4.78 is 0. The quantitative estimate of drug-likeness (QED) is 0.0276. The van der Waals surface area contributed by atoms with E-state index in [2.05, 4.69) is 63.1 Å². The van der Waals surface area contributed by atoms with Crippen molar-refractivity contribution < 1.29 is 93.0 Å². The fourth-order valence-corrected chi connectivity index (χ4v) is 8.39. The van der Waals surface area contributed by atoms with Crippen LogP contribution in [0.3, 0.4) is 0 Å². The summed E-state index contributed by atoms with van der Waals surface area (Å²) in [5.74, 6) is -15.7. The van der Waals surface area contributed by atoms with Crippen molar-refractivity contribution in [3.8, 4) is 5.75 Å². The largest absolute Gasteiger partial charge is 0.508 e. The number of nitrogens with two attached hydrogens (primary N) is 3. The monoisotopic (exact) mass is 1250 g/mol. The highest BCUT2D eigenvalue weighted by atomic mass is 16.4. The van der Waals surface area contributed by atoms with Gasteiger partial charge in [-0.25, -0.2) is 9.78 Å². The molecule has 23 N–H and O–H groups in total.